The molecule has 9 amide bonds. The van der Waals surface area contributed by atoms with Crippen LogP contribution in [0.25, 0.3) is 0 Å². The molecular formula is C47H84N14O9. The van der Waals surface area contributed by atoms with Crippen molar-refractivity contribution in [2.75, 3.05) is 32.7 Å². The zero-order valence-corrected chi connectivity index (χ0v) is 41.8. The lowest BCUT2D eigenvalue weighted by Gasteiger charge is -2.28. The minimum atomic E-state index is -1.31. The Labute approximate surface area is 412 Å². The van der Waals surface area contributed by atoms with Crippen LogP contribution in [0.4, 0.5) is 0 Å². The van der Waals surface area contributed by atoms with Crippen LogP contribution in [0.5, 0.6) is 0 Å². The molecule has 0 heterocycles. The Morgan fingerprint density at radius 3 is 1.10 bits per heavy atom. The largest absolute Gasteiger partial charge is 0.368 e. The topological polar surface area (TPSA) is 406 Å². The molecule has 23 nitrogen and oxygen atoms in total. The summed E-state index contributed by atoms with van der Waals surface area (Å²) in [6.45, 7) is 9.26. The quantitative estimate of drug-likeness (QED) is 0.0299. The Morgan fingerprint density at radius 1 is 0.429 bits per heavy atom. The normalized spacial score (nSPS) is 14.6. The first-order chi connectivity index (χ1) is 33.2. The van der Waals surface area contributed by atoms with Gasteiger partial charge in [-0.3, -0.25) is 43.2 Å². The first-order valence-corrected chi connectivity index (χ1v) is 24.5. The van der Waals surface area contributed by atoms with E-state index in [1.807, 2.05) is 34.6 Å². The number of amides is 9. The average Bonchev–Trinajstić information content (AvgIpc) is 3.29. The molecule has 70 heavy (non-hydrogen) atoms. The molecule has 0 aliphatic heterocycles. The smallest absolute Gasteiger partial charge is 0.243 e. The van der Waals surface area contributed by atoms with Crippen molar-refractivity contribution in [3.05, 3.63) is 35.9 Å². The summed E-state index contributed by atoms with van der Waals surface area (Å²) >= 11 is 0. The lowest BCUT2D eigenvalue weighted by atomic mass is 10.00. The highest BCUT2D eigenvalue weighted by atomic mass is 16.2. The van der Waals surface area contributed by atoms with Crippen molar-refractivity contribution in [2.45, 2.75) is 160 Å². The first-order valence-electron chi connectivity index (χ1n) is 24.5. The molecule has 1 aromatic carbocycles. The van der Waals surface area contributed by atoms with Crippen LogP contribution in [-0.2, 0) is 49.6 Å². The third kappa shape index (κ3) is 24.2. The van der Waals surface area contributed by atoms with Gasteiger partial charge in [-0.05, 0) is 101 Å². The van der Waals surface area contributed by atoms with E-state index in [1.54, 1.807) is 30.3 Å². The second-order valence-corrected chi connectivity index (χ2v) is 18.2. The molecule has 0 saturated carbocycles. The van der Waals surface area contributed by atoms with Gasteiger partial charge < -0.3 is 76.9 Å². The Morgan fingerprint density at radius 2 is 0.743 bits per heavy atom. The van der Waals surface area contributed by atoms with Crippen LogP contribution in [0.1, 0.15) is 111 Å². The molecule has 0 unspecified atom stereocenters. The van der Waals surface area contributed by atoms with E-state index in [0.717, 1.165) is 12.8 Å². The van der Waals surface area contributed by atoms with Gasteiger partial charge in [-0.2, -0.15) is 0 Å². The van der Waals surface area contributed by atoms with Gasteiger partial charge in [-0.1, -0.05) is 77.8 Å². The van der Waals surface area contributed by atoms with Crippen LogP contribution in [0, 0.1) is 11.8 Å². The molecule has 8 atom stereocenters. The minimum absolute atomic E-state index is 0.0116. The molecule has 0 aliphatic rings. The van der Waals surface area contributed by atoms with Crippen molar-refractivity contribution < 1.29 is 43.2 Å². The molecule has 0 bridgehead atoms. The van der Waals surface area contributed by atoms with Gasteiger partial charge in [0.25, 0.3) is 0 Å². The number of nitrogens with one attached hydrogen (secondary N) is 8. The van der Waals surface area contributed by atoms with Gasteiger partial charge in [0.15, 0.2) is 0 Å². The van der Waals surface area contributed by atoms with Crippen molar-refractivity contribution >= 4 is 53.2 Å². The van der Waals surface area contributed by atoms with E-state index in [2.05, 4.69) is 42.5 Å². The molecular weight excluding hydrogens is 905 g/mol. The number of unbranched alkanes of at least 4 members (excludes halogenated alkanes) is 2. The van der Waals surface area contributed by atoms with E-state index in [-0.39, 0.29) is 108 Å². The third-order valence-corrected chi connectivity index (χ3v) is 11.1. The van der Waals surface area contributed by atoms with Gasteiger partial charge in [-0.25, -0.2) is 0 Å². The molecule has 1 rings (SSSR count). The standard InChI is InChI=1S/C47H84N14O9/c1-6-7-9-14-39(62)54-31(15-20-48)41(64)55-32(16-21-49)42(65)57-35(19-24-52)45(68)60-37(26-29(4)5)46(69)61-38(27-30-12-10-8-11-13-30)47(70)58-33(17-22-50)43(66)56-34(18-23-51)44(67)59-36(40(53)63)25-28(2)3/h8,10-13,28-29,31-38H,6-7,9,14-27,48-52H2,1-5H3,(H2,53,63)(H,54,62)(H,55,64)(H,56,66)(H,57,65)(H,58,70)(H,59,67)(H,60,68)(H,61,69)/t31-,32+,33+,34+,35+,36+,37+,38-/m1/s1. The summed E-state index contributed by atoms with van der Waals surface area (Å²) in [6, 6.07) is -0.830. The summed E-state index contributed by atoms with van der Waals surface area (Å²) in [5.74, 6) is -6.44. The highest BCUT2D eigenvalue weighted by Crippen LogP contribution is 2.11. The predicted molar refractivity (Wildman–Crippen MR) is 266 cm³/mol. The summed E-state index contributed by atoms with van der Waals surface area (Å²) in [5, 5.41) is 21.2. The van der Waals surface area contributed by atoms with E-state index < -0.39 is 95.6 Å². The second-order valence-electron chi connectivity index (χ2n) is 18.2. The van der Waals surface area contributed by atoms with Gasteiger partial charge in [0, 0.05) is 12.8 Å². The van der Waals surface area contributed by atoms with Crippen LogP contribution in [0.3, 0.4) is 0 Å². The van der Waals surface area contributed by atoms with Crippen LogP contribution in [-0.4, -0.2) is 134 Å². The SMILES string of the molecule is CCCCCC(=O)N[C@H](CCN)C(=O)N[C@@H](CCN)C(=O)N[C@@H](CCN)C(=O)N[C@@H](CC(C)C)C(=O)N[C@H](Cc1ccccc1)C(=O)N[C@@H](CCN)C(=O)N[C@@H](CCN)C(=O)N[C@@H](CC(C)C)C(N)=O. The molecule has 0 saturated heterocycles. The number of benzene rings is 1. The zero-order chi connectivity index (χ0) is 52.8. The van der Waals surface area contributed by atoms with Crippen molar-refractivity contribution in [3.63, 3.8) is 0 Å². The molecule has 0 fully saturated rings. The van der Waals surface area contributed by atoms with E-state index >= 15 is 0 Å². The van der Waals surface area contributed by atoms with E-state index in [1.165, 1.54) is 0 Å². The van der Waals surface area contributed by atoms with Gasteiger partial charge in [0.05, 0.1) is 0 Å². The first kappa shape index (κ1) is 62.3. The molecule has 20 N–H and O–H groups in total. The average molecular weight is 989 g/mol. The minimum Gasteiger partial charge on any atom is -0.368 e. The van der Waals surface area contributed by atoms with Crippen molar-refractivity contribution in [1.29, 1.82) is 0 Å². The molecule has 23 heteroatoms. The van der Waals surface area contributed by atoms with Crippen molar-refractivity contribution in [3.8, 4) is 0 Å². The highest BCUT2D eigenvalue weighted by molar-refractivity contribution is 5.98. The fourth-order valence-corrected chi connectivity index (χ4v) is 7.37. The number of nitrogens with two attached hydrogens (primary N) is 6. The molecule has 1 aromatic rings. The number of primary amides is 1. The zero-order valence-electron chi connectivity index (χ0n) is 41.8. The van der Waals surface area contributed by atoms with Gasteiger partial charge in [0.1, 0.15) is 48.3 Å². The maximum Gasteiger partial charge on any atom is 0.243 e. The van der Waals surface area contributed by atoms with Crippen LogP contribution < -0.4 is 76.9 Å². The van der Waals surface area contributed by atoms with Crippen LogP contribution in [0.15, 0.2) is 30.3 Å². The predicted octanol–water partition coefficient (Wildman–Crippen LogP) is -2.99. The fraction of sp³-hybridized carbons (Fsp3) is 0.681. The number of carbonyl (C=O) groups excluding carboxylic acids is 9. The van der Waals surface area contributed by atoms with Crippen LogP contribution in [0.2, 0.25) is 0 Å². The summed E-state index contributed by atoms with van der Waals surface area (Å²) < 4.78 is 0. The van der Waals surface area contributed by atoms with Crippen molar-refractivity contribution in [1.82, 2.24) is 42.5 Å². The fourth-order valence-electron chi connectivity index (χ4n) is 7.37. The summed E-state index contributed by atoms with van der Waals surface area (Å²) in [6.07, 6.45) is 2.84. The maximum atomic E-state index is 14.2. The van der Waals surface area contributed by atoms with Gasteiger partial charge in [0.2, 0.25) is 53.2 Å². The molecule has 396 valence electrons. The summed E-state index contributed by atoms with van der Waals surface area (Å²) in [4.78, 5) is 121. The van der Waals surface area contributed by atoms with E-state index in [0.29, 0.717) is 12.0 Å². The maximum absolute atomic E-state index is 14.2. The van der Waals surface area contributed by atoms with Crippen LogP contribution >= 0.6 is 0 Å². The molecule has 0 radical (unpaired) electrons. The molecule has 0 spiro atoms. The number of rotatable bonds is 36. The third-order valence-electron chi connectivity index (χ3n) is 11.1. The molecule has 0 aromatic heterocycles. The monoisotopic (exact) mass is 989 g/mol. The Kier molecular flexibility index (Phi) is 30.7. The highest BCUT2D eigenvalue weighted by Gasteiger charge is 2.35. The van der Waals surface area contributed by atoms with Gasteiger partial charge in [-0.15, -0.1) is 0 Å². The Bertz CT molecular complexity index is 1810. The number of hydrogen-bond acceptors (Lipinski definition) is 14. The van der Waals surface area contributed by atoms with Gasteiger partial charge >= 0.3 is 0 Å². The van der Waals surface area contributed by atoms with E-state index in [9.17, 15) is 43.2 Å². The van der Waals surface area contributed by atoms with Crippen molar-refractivity contribution in [2.24, 2.45) is 46.2 Å². The molecule has 0 aliphatic carbocycles. The number of hydrogen-bond donors (Lipinski definition) is 14. The second kappa shape index (κ2) is 34.5. The summed E-state index contributed by atoms with van der Waals surface area (Å²) in [7, 11) is 0. The Hall–Kier alpha value is -5.75. The lowest BCUT2D eigenvalue weighted by Crippen LogP contribution is -2.61. The summed E-state index contributed by atoms with van der Waals surface area (Å²) in [5.41, 5.74) is 35.2. The Balaban J connectivity index is 3.39. The lowest BCUT2D eigenvalue weighted by molar-refractivity contribution is -0.136. The number of carbonyl (C=O) groups is 9. The van der Waals surface area contributed by atoms with E-state index in [4.69, 9.17) is 34.4 Å².